The van der Waals surface area contributed by atoms with Crippen LogP contribution in [0.3, 0.4) is 0 Å². The van der Waals surface area contributed by atoms with Crippen LogP contribution >= 0.6 is 27.7 Å². The van der Waals surface area contributed by atoms with Crippen molar-refractivity contribution in [2.45, 2.75) is 11.3 Å². The van der Waals surface area contributed by atoms with Crippen LogP contribution in [0.15, 0.2) is 23.1 Å². The summed E-state index contributed by atoms with van der Waals surface area (Å²) in [6, 6.07) is 6.25. The number of alkyl halides is 1. The van der Waals surface area contributed by atoms with Crippen LogP contribution in [0.4, 0.5) is 5.69 Å². The van der Waals surface area contributed by atoms with Crippen LogP contribution in [-0.4, -0.2) is 17.0 Å². The second-order valence-corrected chi connectivity index (χ2v) is 4.92. The van der Waals surface area contributed by atoms with Gasteiger partial charge in [-0.2, -0.15) is 0 Å². The highest BCUT2D eigenvalue weighted by Gasteiger charge is 2.14. The van der Waals surface area contributed by atoms with Gasteiger partial charge in [-0.3, -0.25) is 4.79 Å². The van der Waals surface area contributed by atoms with Gasteiger partial charge in [-0.1, -0.05) is 22.0 Å². The molecule has 0 aromatic heterocycles. The third-order valence-electron chi connectivity index (χ3n) is 2.06. The van der Waals surface area contributed by atoms with Crippen LogP contribution < -0.4 is 5.32 Å². The molecule has 0 radical (unpaired) electrons. The Morgan fingerprint density at radius 2 is 2.36 bits per heavy atom. The van der Waals surface area contributed by atoms with Crippen molar-refractivity contribution in [2.75, 3.05) is 16.4 Å². The van der Waals surface area contributed by atoms with E-state index in [0.717, 1.165) is 17.4 Å². The van der Waals surface area contributed by atoms with E-state index in [1.54, 1.807) is 11.8 Å². The maximum atomic E-state index is 11.2. The minimum Gasteiger partial charge on any atom is -0.324 e. The van der Waals surface area contributed by atoms with Gasteiger partial charge < -0.3 is 5.32 Å². The second kappa shape index (κ2) is 4.36. The molecule has 0 atom stereocenters. The smallest absolute Gasteiger partial charge is 0.234 e. The SMILES string of the molecule is O=C1CSc2ccc(CCBr)cc2N1. The van der Waals surface area contributed by atoms with Crippen molar-refractivity contribution in [2.24, 2.45) is 0 Å². The van der Waals surface area contributed by atoms with E-state index in [4.69, 9.17) is 0 Å². The standard InChI is InChI=1S/C10H10BrNOS/c11-4-3-7-1-2-9-8(5-7)12-10(13)6-14-9/h1-2,5H,3-4,6H2,(H,12,13). The third kappa shape index (κ3) is 2.12. The van der Waals surface area contributed by atoms with Crippen LogP contribution in [-0.2, 0) is 11.2 Å². The highest BCUT2D eigenvalue weighted by molar-refractivity contribution is 9.09. The van der Waals surface area contributed by atoms with Crippen LogP contribution in [0.5, 0.6) is 0 Å². The monoisotopic (exact) mass is 271 g/mol. The number of rotatable bonds is 2. The fourth-order valence-electron chi connectivity index (χ4n) is 1.39. The summed E-state index contributed by atoms with van der Waals surface area (Å²) in [5.74, 6) is 0.628. The van der Waals surface area contributed by atoms with Gasteiger partial charge in [-0.25, -0.2) is 0 Å². The first-order chi connectivity index (χ1) is 6.79. The normalized spacial score (nSPS) is 14.8. The van der Waals surface area contributed by atoms with E-state index in [1.807, 2.05) is 0 Å². The first-order valence-electron chi connectivity index (χ1n) is 4.41. The van der Waals surface area contributed by atoms with Gasteiger partial charge in [0.25, 0.3) is 0 Å². The summed E-state index contributed by atoms with van der Waals surface area (Å²) in [5.41, 5.74) is 2.22. The molecule has 1 aliphatic rings. The Hall–Kier alpha value is -0.480. The van der Waals surface area contributed by atoms with Gasteiger partial charge in [0.05, 0.1) is 11.4 Å². The van der Waals surface area contributed by atoms with Crippen molar-refractivity contribution in [3.8, 4) is 0 Å². The van der Waals surface area contributed by atoms with Crippen molar-refractivity contribution >= 4 is 39.3 Å². The van der Waals surface area contributed by atoms with Crippen LogP contribution in [0.1, 0.15) is 5.56 Å². The van der Waals surface area contributed by atoms with Crippen molar-refractivity contribution in [3.05, 3.63) is 23.8 Å². The number of carbonyl (C=O) groups excluding carboxylic acids is 1. The summed E-state index contributed by atoms with van der Waals surface area (Å²) in [7, 11) is 0. The van der Waals surface area contributed by atoms with E-state index in [0.29, 0.717) is 5.75 Å². The number of thioether (sulfide) groups is 1. The highest BCUT2D eigenvalue weighted by atomic mass is 79.9. The number of halogens is 1. The second-order valence-electron chi connectivity index (χ2n) is 3.11. The number of benzene rings is 1. The Bertz CT molecular complexity index is 367. The van der Waals surface area contributed by atoms with Crippen molar-refractivity contribution in [1.29, 1.82) is 0 Å². The molecule has 14 heavy (non-hydrogen) atoms. The highest BCUT2D eigenvalue weighted by Crippen LogP contribution is 2.32. The fourth-order valence-corrected chi connectivity index (χ4v) is 2.64. The van der Waals surface area contributed by atoms with Gasteiger partial charge in [0.2, 0.25) is 5.91 Å². The molecule has 1 aromatic rings. The van der Waals surface area contributed by atoms with Crippen molar-refractivity contribution in [1.82, 2.24) is 0 Å². The first kappa shape index (κ1) is 10.1. The number of nitrogens with one attached hydrogen (secondary N) is 1. The Kier molecular flexibility index (Phi) is 3.13. The molecule has 1 N–H and O–H groups in total. The number of anilines is 1. The van der Waals surface area contributed by atoms with Gasteiger partial charge in [0.15, 0.2) is 0 Å². The molecular formula is C10H10BrNOS. The topological polar surface area (TPSA) is 29.1 Å². The molecule has 0 saturated heterocycles. The van der Waals surface area contributed by atoms with Gasteiger partial charge in [0.1, 0.15) is 0 Å². The van der Waals surface area contributed by atoms with Crippen molar-refractivity contribution in [3.63, 3.8) is 0 Å². The lowest BCUT2D eigenvalue weighted by Gasteiger charge is -2.16. The molecule has 74 valence electrons. The molecule has 0 fully saturated rings. The average Bonchev–Trinajstić information content (AvgIpc) is 2.17. The van der Waals surface area contributed by atoms with Gasteiger partial charge in [-0.05, 0) is 24.1 Å². The maximum absolute atomic E-state index is 11.2. The Labute approximate surface area is 95.6 Å². The molecule has 0 unspecified atom stereocenters. The van der Waals surface area contributed by atoms with Gasteiger partial charge in [0, 0.05) is 10.2 Å². The predicted octanol–water partition coefficient (Wildman–Crippen LogP) is 2.67. The minimum atomic E-state index is 0.0958. The summed E-state index contributed by atoms with van der Waals surface area (Å²) < 4.78 is 0. The van der Waals surface area contributed by atoms with E-state index >= 15 is 0 Å². The largest absolute Gasteiger partial charge is 0.324 e. The first-order valence-corrected chi connectivity index (χ1v) is 6.52. The molecule has 4 heteroatoms. The fraction of sp³-hybridized carbons (Fsp3) is 0.300. The van der Waals surface area contributed by atoms with Crippen LogP contribution in [0.2, 0.25) is 0 Å². The molecule has 2 rings (SSSR count). The summed E-state index contributed by atoms with van der Waals surface area (Å²) >= 11 is 5.00. The summed E-state index contributed by atoms with van der Waals surface area (Å²) in [5, 5.41) is 3.83. The Morgan fingerprint density at radius 1 is 1.50 bits per heavy atom. The molecule has 2 nitrogen and oxygen atoms in total. The van der Waals surface area contributed by atoms with E-state index in [-0.39, 0.29) is 5.91 Å². The lowest BCUT2D eigenvalue weighted by Crippen LogP contribution is -2.18. The number of hydrogen-bond donors (Lipinski definition) is 1. The molecular weight excluding hydrogens is 262 g/mol. The van der Waals surface area contributed by atoms with Crippen molar-refractivity contribution < 1.29 is 4.79 Å². The average molecular weight is 272 g/mol. The number of hydrogen-bond acceptors (Lipinski definition) is 2. The number of aryl methyl sites for hydroxylation is 1. The number of carbonyl (C=O) groups is 1. The number of amides is 1. The van der Waals surface area contributed by atoms with Gasteiger partial charge >= 0.3 is 0 Å². The lowest BCUT2D eigenvalue weighted by molar-refractivity contribution is -0.113. The number of fused-ring (bicyclic) bond motifs is 1. The Balaban J connectivity index is 2.28. The van der Waals surface area contributed by atoms with E-state index < -0.39 is 0 Å². The zero-order valence-corrected chi connectivity index (χ0v) is 9.95. The lowest BCUT2D eigenvalue weighted by atomic mass is 10.1. The molecule has 1 amide bonds. The summed E-state index contributed by atoms with van der Waals surface area (Å²) in [4.78, 5) is 12.3. The molecule has 0 bridgehead atoms. The van der Waals surface area contributed by atoms with E-state index in [1.165, 1.54) is 10.5 Å². The Morgan fingerprint density at radius 3 is 3.14 bits per heavy atom. The quantitative estimate of drug-likeness (QED) is 0.839. The maximum Gasteiger partial charge on any atom is 0.234 e. The summed E-state index contributed by atoms with van der Waals surface area (Å²) in [6.45, 7) is 0. The molecule has 1 aromatic carbocycles. The third-order valence-corrected chi connectivity index (χ3v) is 3.53. The summed E-state index contributed by atoms with van der Waals surface area (Å²) in [6.07, 6.45) is 0.994. The predicted molar refractivity (Wildman–Crippen MR) is 63.3 cm³/mol. The minimum absolute atomic E-state index is 0.0958. The molecule has 1 heterocycles. The van der Waals surface area contributed by atoms with E-state index in [9.17, 15) is 4.79 Å². The zero-order chi connectivity index (χ0) is 9.97. The van der Waals surface area contributed by atoms with E-state index in [2.05, 4.69) is 39.4 Å². The zero-order valence-electron chi connectivity index (χ0n) is 7.55. The van der Waals surface area contributed by atoms with Crippen LogP contribution in [0.25, 0.3) is 0 Å². The molecule has 0 aliphatic carbocycles. The van der Waals surface area contributed by atoms with Crippen LogP contribution in [0, 0.1) is 0 Å². The molecule has 0 saturated carbocycles. The molecule has 0 spiro atoms. The molecule has 1 aliphatic heterocycles. The van der Waals surface area contributed by atoms with Gasteiger partial charge in [-0.15, -0.1) is 11.8 Å².